The van der Waals surface area contributed by atoms with Crippen LogP contribution in [0.4, 0.5) is 15.8 Å². The maximum Gasteiger partial charge on any atom is 0.335 e. The molecule has 0 bridgehead atoms. The largest absolute Gasteiger partial charge is 0.478 e. The van der Waals surface area contributed by atoms with Gasteiger partial charge >= 0.3 is 5.97 Å². The van der Waals surface area contributed by atoms with E-state index in [1.54, 1.807) is 36.4 Å². The molecule has 1 heterocycles. The Balaban J connectivity index is 1.48. The van der Waals surface area contributed by atoms with Crippen molar-refractivity contribution >= 4 is 23.3 Å². The first-order valence-electron chi connectivity index (χ1n) is 10.5. The summed E-state index contributed by atoms with van der Waals surface area (Å²) in [5, 5.41) is 12.5. The van der Waals surface area contributed by atoms with Gasteiger partial charge in [-0.1, -0.05) is 30.3 Å². The van der Waals surface area contributed by atoms with Gasteiger partial charge in [-0.3, -0.25) is 0 Å². The van der Waals surface area contributed by atoms with E-state index in [1.165, 1.54) is 12.1 Å². The van der Waals surface area contributed by atoms with Crippen molar-refractivity contribution in [2.45, 2.75) is 6.54 Å². The van der Waals surface area contributed by atoms with Gasteiger partial charge in [-0.25, -0.2) is 14.2 Å². The number of anilines is 2. The number of piperazine rings is 1. The first-order valence-corrected chi connectivity index (χ1v) is 10.5. The molecule has 6 nitrogen and oxygen atoms in total. The lowest BCUT2D eigenvalue weighted by Crippen LogP contribution is -2.50. The molecule has 1 aliphatic rings. The molecule has 2 N–H and O–H groups in total. The fourth-order valence-electron chi connectivity index (χ4n) is 3.62. The quantitative estimate of drug-likeness (QED) is 0.464. The molecule has 0 aromatic heterocycles. The number of rotatable bonds is 5. The highest BCUT2D eigenvalue weighted by Gasteiger charge is 2.20. The fraction of sp³-hybridized carbons (Fsp3) is 0.200. The van der Waals surface area contributed by atoms with Gasteiger partial charge in [0.25, 0.3) is 0 Å². The Morgan fingerprint density at radius 3 is 2.19 bits per heavy atom. The molecule has 0 aliphatic carbocycles. The monoisotopic (exact) mass is 432 g/mol. The van der Waals surface area contributed by atoms with Crippen molar-refractivity contribution in [1.29, 1.82) is 0 Å². The molecule has 0 saturated carbocycles. The normalized spacial score (nSPS) is 14.3. The average molecular weight is 432 g/mol. The van der Waals surface area contributed by atoms with Crippen LogP contribution >= 0.6 is 0 Å². The van der Waals surface area contributed by atoms with Crippen LogP contribution in [0.15, 0.2) is 83.9 Å². The molecule has 1 fully saturated rings. The van der Waals surface area contributed by atoms with Crippen molar-refractivity contribution in [2.75, 3.05) is 36.4 Å². The molecule has 0 radical (unpaired) electrons. The van der Waals surface area contributed by atoms with Crippen LogP contribution < -0.4 is 10.2 Å². The van der Waals surface area contributed by atoms with Gasteiger partial charge in [-0.05, 0) is 54.1 Å². The molecule has 3 aromatic rings. The van der Waals surface area contributed by atoms with Gasteiger partial charge in [0.15, 0.2) is 5.96 Å². The van der Waals surface area contributed by atoms with Crippen LogP contribution in [0.5, 0.6) is 0 Å². The van der Waals surface area contributed by atoms with Crippen LogP contribution in [0, 0.1) is 5.82 Å². The highest BCUT2D eigenvalue weighted by molar-refractivity contribution is 5.95. The molecule has 0 atom stereocenters. The summed E-state index contributed by atoms with van der Waals surface area (Å²) in [7, 11) is 0. The van der Waals surface area contributed by atoms with E-state index in [0.29, 0.717) is 6.54 Å². The summed E-state index contributed by atoms with van der Waals surface area (Å²) in [6.45, 7) is 3.62. The van der Waals surface area contributed by atoms with Crippen LogP contribution in [0.3, 0.4) is 0 Å². The summed E-state index contributed by atoms with van der Waals surface area (Å²) in [5.74, 6) is -0.442. The van der Waals surface area contributed by atoms with Crippen molar-refractivity contribution in [1.82, 2.24) is 4.90 Å². The zero-order valence-electron chi connectivity index (χ0n) is 17.6. The lowest BCUT2D eigenvalue weighted by Gasteiger charge is -2.37. The molecular weight excluding hydrogens is 407 g/mol. The molecular formula is C25H25FN4O2. The van der Waals surface area contributed by atoms with Crippen LogP contribution in [0.25, 0.3) is 0 Å². The Hall–Kier alpha value is -3.87. The minimum atomic E-state index is -0.952. The molecule has 4 rings (SSSR count). The minimum absolute atomic E-state index is 0.235. The topological polar surface area (TPSA) is 68.2 Å². The maximum absolute atomic E-state index is 13.2. The second-order valence-electron chi connectivity index (χ2n) is 7.58. The third kappa shape index (κ3) is 5.43. The number of aliphatic imine (C=N–C) groups is 1. The first-order chi connectivity index (χ1) is 15.6. The standard InChI is InChI=1S/C25H25FN4O2/c26-21-8-12-23(13-9-21)29-14-16-30(17-15-29)25(27-18-19-4-2-1-3-5-19)28-22-10-6-20(7-11-22)24(31)32/h1-13H,14-18H2,(H,27,28)(H,31,32). The van der Waals surface area contributed by atoms with E-state index >= 15 is 0 Å². The number of nitrogens with one attached hydrogen (secondary N) is 1. The highest BCUT2D eigenvalue weighted by Crippen LogP contribution is 2.18. The van der Waals surface area contributed by atoms with Crippen molar-refractivity contribution in [3.8, 4) is 0 Å². The van der Waals surface area contributed by atoms with Crippen LogP contribution in [0.2, 0.25) is 0 Å². The maximum atomic E-state index is 13.2. The molecule has 164 valence electrons. The van der Waals surface area contributed by atoms with Gasteiger partial charge in [0.2, 0.25) is 0 Å². The first kappa shape index (κ1) is 21.4. The van der Waals surface area contributed by atoms with E-state index < -0.39 is 5.97 Å². The van der Waals surface area contributed by atoms with Gasteiger partial charge in [0.05, 0.1) is 12.1 Å². The zero-order chi connectivity index (χ0) is 22.3. The minimum Gasteiger partial charge on any atom is -0.478 e. The summed E-state index contributed by atoms with van der Waals surface area (Å²) in [5.41, 5.74) is 3.14. The smallest absolute Gasteiger partial charge is 0.335 e. The zero-order valence-corrected chi connectivity index (χ0v) is 17.6. The van der Waals surface area contributed by atoms with Crippen molar-refractivity contribution < 1.29 is 14.3 Å². The second-order valence-corrected chi connectivity index (χ2v) is 7.58. The number of nitrogens with zero attached hydrogens (tertiary/aromatic N) is 3. The number of carbonyl (C=O) groups is 1. The molecule has 7 heteroatoms. The highest BCUT2D eigenvalue weighted by atomic mass is 19.1. The third-order valence-corrected chi connectivity index (χ3v) is 5.41. The van der Waals surface area contributed by atoms with Gasteiger partial charge in [-0.2, -0.15) is 0 Å². The lowest BCUT2D eigenvalue weighted by atomic mass is 10.2. The molecule has 0 unspecified atom stereocenters. The van der Waals surface area contributed by atoms with Crippen LogP contribution in [-0.4, -0.2) is 48.1 Å². The Bertz CT molecular complexity index is 1060. The molecule has 32 heavy (non-hydrogen) atoms. The predicted octanol–water partition coefficient (Wildman–Crippen LogP) is 4.31. The van der Waals surface area contributed by atoms with Gasteiger partial charge in [0.1, 0.15) is 5.82 Å². The molecule has 1 aliphatic heterocycles. The second kappa shape index (κ2) is 9.96. The number of carboxylic acids is 1. The molecule has 0 amide bonds. The predicted molar refractivity (Wildman–Crippen MR) is 125 cm³/mol. The van der Waals surface area contributed by atoms with E-state index in [2.05, 4.69) is 15.1 Å². The number of aromatic carboxylic acids is 1. The average Bonchev–Trinajstić information content (AvgIpc) is 2.83. The summed E-state index contributed by atoms with van der Waals surface area (Å²) < 4.78 is 13.2. The Morgan fingerprint density at radius 1 is 0.906 bits per heavy atom. The molecule has 1 saturated heterocycles. The summed E-state index contributed by atoms with van der Waals surface area (Å²) in [6, 6.07) is 23.2. The van der Waals surface area contributed by atoms with Crippen molar-refractivity contribution in [2.24, 2.45) is 4.99 Å². The Kier molecular flexibility index (Phi) is 6.65. The number of halogens is 1. The van der Waals surface area contributed by atoms with Crippen LogP contribution in [-0.2, 0) is 6.54 Å². The number of carboxylic acid groups (broad SMARTS) is 1. The summed E-state index contributed by atoms with van der Waals surface area (Å²) in [6.07, 6.45) is 0. The van der Waals surface area contributed by atoms with Gasteiger partial charge < -0.3 is 20.2 Å². The van der Waals surface area contributed by atoms with Crippen LogP contribution in [0.1, 0.15) is 15.9 Å². The number of benzene rings is 3. The Labute approximate surface area is 186 Å². The fourth-order valence-corrected chi connectivity index (χ4v) is 3.62. The van der Waals surface area contributed by atoms with Gasteiger partial charge in [0, 0.05) is 37.6 Å². The van der Waals surface area contributed by atoms with Gasteiger partial charge in [-0.15, -0.1) is 0 Å². The Morgan fingerprint density at radius 2 is 1.56 bits per heavy atom. The van der Waals surface area contributed by atoms with E-state index in [0.717, 1.165) is 49.1 Å². The summed E-state index contributed by atoms with van der Waals surface area (Å²) in [4.78, 5) is 20.4. The van der Waals surface area contributed by atoms with E-state index in [9.17, 15) is 9.18 Å². The van der Waals surface area contributed by atoms with E-state index in [4.69, 9.17) is 10.1 Å². The van der Waals surface area contributed by atoms with E-state index in [-0.39, 0.29) is 11.4 Å². The van der Waals surface area contributed by atoms with E-state index in [1.807, 2.05) is 30.3 Å². The summed E-state index contributed by atoms with van der Waals surface area (Å²) >= 11 is 0. The molecule has 3 aromatic carbocycles. The number of hydrogen-bond acceptors (Lipinski definition) is 3. The van der Waals surface area contributed by atoms with Crippen molar-refractivity contribution in [3.63, 3.8) is 0 Å². The van der Waals surface area contributed by atoms with Crippen molar-refractivity contribution in [3.05, 3.63) is 95.8 Å². The third-order valence-electron chi connectivity index (χ3n) is 5.41. The number of hydrogen-bond donors (Lipinski definition) is 2. The lowest BCUT2D eigenvalue weighted by molar-refractivity contribution is 0.0697. The number of guanidine groups is 1. The molecule has 0 spiro atoms. The SMILES string of the molecule is O=C(O)c1ccc(NC(=NCc2ccccc2)N2CCN(c3ccc(F)cc3)CC2)cc1.